The van der Waals surface area contributed by atoms with Crippen molar-refractivity contribution in [2.45, 2.75) is 49.6 Å². The Morgan fingerprint density at radius 3 is 2.40 bits per heavy atom. The number of nitrogens with one attached hydrogen (secondary N) is 1. The number of carbonyl (C=O) groups is 3. The Kier molecular flexibility index (Phi) is 7.22. The summed E-state index contributed by atoms with van der Waals surface area (Å²) >= 11 is 0. The van der Waals surface area contributed by atoms with E-state index in [9.17, 15) is 34.8 Å². The summed E-state index contributed by atoms with van der Waals surface area (Å²) in [6.45, 7) is -0.865. The van der Waals surface area contributed by atoms with Gasteiger partial charge in [-0.15, -0.1) is 0 Å². The van der Waals surface area contributed by atoms with Gasteiger partial charge in [0, 0.05) is 13.3 Å². The third-order valence-electron chi connectivity index (χ3n) is 3.61. The molecule has 1 fully saturated rings. The summed E-state index contributed by atoms with van der Waals surface area (Å²) in [6.07, 6.45) is -7.82. The van der Waals surface area contributed by atoms with Gasteiger partial charge < -0.3 is 45.4 Å². The molecule has 0 aliphatic carbocycles. The Bertz CT molecular complexity index is 512. The average molecular weight is 367 g/mol. The van der Waals surface area contributed by atoms with Gasteiger partial charge in [-0.25, -0.2) is 4.79 Å². The van der Waals surface area contributed by atoms with Crippen LogP contribution in [0.25, 0.3) is 0 Å². The highest BCUT2D eigenvalue weighted by Crippen LogP contribution is 2.31. The van der Waals surface area contributed by atoms with Crippen molar-refractivity contribution in [2.75, 3.05) is 13.2 Å². The van der Waals surface area contributed by atoms with Gasteiger partial charge in [-0.2, -0.15) is 0 Å². The summed E-state index contributed by atoms with van der Waals surface area (Å²) in [6, 6.07) is -1.46. The van der Waals surface area contributed by atoms with Crippen LogP contribution < -0.4 is 5.32 Å². The Morgan fingerprint density at radius 1 is 1.36 bits per heavy atom. The number of amides is 1. The molecule has 12 nitrogen and oxygen atoms in total. The summed E-state index contributed by atoms with van der Waals surface area (Å²) in [5, 5.41) is 59.5. The highest BCUT2D eigenvalue weighted by Gasteiger charge is 2.54. The largest absolute Gasteiger partial charge is 0.477 e. The lowest BCUT2D eigenvalue weighted by Gasteiger charge is -2.44. The fourth-order valence-electron chi connectivity index (χ4n) is 2.45. The number of carbonyl (C=O) groups excluding carboxylic acids is 2. The van der Waals surface area contributed by atoms with Gasteiger partial charge in [-0.1, -0.05) is 0 Å². The number of rotatable bonds is 7. The second-order valence-corrected chi connectivity index (χ2v) is 5.52. The van der Waals surface area contributed by atoms with Crippen molar-refractivity contribution in [1.29, 1.82) is 0 Å². The van der Waals surface area contributed by atoms with Crippen molar-refractivity contribution in [2.24, 2.45) is 0 Å². The van der Waals surface area contributed by atoms with Gasteiger partial charge in [0.05, 0.1) is 18.8 Å². The molecule has 0 aromatic heterocycles. The summed E-state index contributed by atoms with van der Waals surface area (Å²) < 4.78 is 9.60. The molecule has 0 radical (unpaired) electrons. The molecule has 1 unspecified atom stereocenters. The molecule has 0 bridgehead atoms. The number of esters is 1. The van der Waals surface area contributed by atoms with E-state index in [0.717, 1.165) is 6.92 Å². The molecule has 1 heterocycles. The number of ether oxygens (including phenoxy) is 2. The highest BCUT2D eigenvalue weighted by atomic mass is 16.7. The quantitative estimate of drug-likeness (QED) is 0.214. The SMILES string of the molecule is CC(=O)O[C@H](CO)[C@@H](O)[C@@H]1OC(O)(C(=O)O)C[C@H](O)[C@H]1NC(=O)CO. The minimum atomic E-state index is -2.89. The van der Waals surface area contributed by atoms with E-state index in [1.807, 2.05) is 0 Å². The fourth-order valence-corrected chi connectivity index (χ4v) is 2.45. The molecule has 7 N–H and O–H groups in total. The van der Waals surface area contributed by atoms with E-state index in [-0.39, 0.29) is 0 Å². The van der Waals surface area contributed by atoms with E-state index >= 15 is 0 Å². The van der Waals surface area contributed by atoms with E-state index in [0.29, 0.717) is 0 Å². The van der Waals surface area contributed by atoms with E-state index in [1.54, 1.807) is 0 Å². The molecule has 25 heavy (non-hydrogen) atoms. The molecule has 1 aliphatic rings. The maximum Gasteiger partial charge on any atom is 0.364 e. The average Bonchev–Trinajstić information content (AvgIpc) is 2.53. The van der Waals surface area contributed by atoms with Crippen molar-refractivity contribution < 1.29 is 54.5 Å². The van der Waals surface area contributed by atoms with Crippen LogP contribution in [0.5, 0.6) is 0 Å². The molecule has 144 valence electrons. The van der Waals surface area contributed by atoms with Crippen molar-refractivity contribution in [1.82, 2.24) is 5.32 Å². The zero-order valence-corrected chi connectivity index (χ0v) is 13.2. The summed E-state index contributed by atoms with van der Waals surface area (Å²) in [5.41, 5.74) is 0. The summed E-state index contributed by atoms with van der Waals surface area (Å²) in [4.78, 5) is 33.6. The first-order chi connectivity index (χ1) is 11.6. The number of aliphatic hydroxyl groups is 5. The van der Waals surface area contributed by atoms with Crippen molar-refractivity contribution in [3.8, 4) is 0 Å². The zero-order chi connectivity index (χ0) is 19.4. The van der Waals surface area contributed by atoms with Crippen LogP contribution in [-0.4, -0.2) is 97.9 Å². The minimum absolute atomic E-state index is 0.848. The Balaban J connectivity index is 3.15. The van der Waals surface area contributed by atoms with E-state index < -0.39 is 73.7 Å². The number of hydrogen-bond donors (Lipinski definition) is 7. The lowest BCUT2D eigenvalue weighted by atomic mass is 9.88. The van der Waals surface area contributed by atoms with Crippen LogP contribution in [0.4, 0.5) is 0 Å². The van der Waals surface area contributed by atoms with Crippen molar-refractivity contribution >= 4 is 17.8 Å². The lowest BCUT2D eigenvalue weighted by Crippen LogP contribution is -2.67. The predicted molar refractivity (Wildman–Crippen MR) is 75.7 cm³/mol. The molecule has 12 heteroatoms. The zero-order valence-electron chi connectivity index (χ0n) is 13.2. The van der Waals surface area contributed by atoms with E-state index in [4.69, 9.17) is 14.9 Å². The molecule has 0 aromatic rings. The van der Waals surface area contributed by atoms with Crippen LogP contribution in [0.15, 0.2) is 0 Å². The van der Waals surface area contributed by atoms with Crippen LogP contribution in [-0.2, 0) is 23.9 Å². The van der Waals surface area contributed by atoms with Crippen LogP contribution in [0.1, 0.15) is 13.3 Å². The molecule has 6 atom stereocenters. The number of carboxylic acids is 1. The monoisotopic (exact) mass is 367 g/mol. The Morgan fingerprint density at radius 2 is 1.96 bits per heavy atom. The summed E-state index contributed by atoms with van der Waals surface area (Å²) in [5.74, 6) is -6.59. The fraction of sp³-hybridized carbons (Fsp3) is 0.769. The molecule has 1 saturated heterocycles. The molecule has 1 amide bonds. The molecule has 0 saturated carbocycles. The van der Waals surface area contributed by atoms with Gasteiger partial charge in [-0.3, -0.25) is 9.59 Å². The molecule has 0 aromatic carbocycles. The van der Waals surface area contributed by atoms with Crippen molar-refractivity contribution in [3.63, 3.8) is 0 Å². The highest BCUT2D eigenvalue weighted by molar-refractivity contribution is 5.78. The smallest absolute Gasteiger partial charge is 0.364 e. The number of aliphatic carboxylic acids is 1. The number of hydrogen-bond acceptors (Lipinski definition) is 10. The molecular weight excluding hydrogens is 346 g/mol. The second kappa shape index (κ2) is 8.51. The topological polar surface area (TPSA) is 203 Å². The van der Waals surface area contributed by atoms with Gasteiger partial charge >= 0.3 is 11.9 Å². The third-order valence-corrected chi connectivity index (χ3v) is 3.61. The first-order valence-corrected chi connectivity index (χ1v) is 7.23. The maximum absolute atomic E-state index is 11.4. The minimum Gasteiger partial charge on any atom is -0.477 e. The van der Waals surface area contributed by atoms with Crippen molar-refractivity contribution in [3.05, 3.63) is 0 Å². The third kappa shape index (κ3) is 5.07. The molecule has 1 aliphatic heterocycles. The normalized spacial score (nSPS) is 31.7. The summed E-state index contributed by atoms with van der Waals surface area (Å²) in [7, 11) is 0. The van der Waals surface area contributed by atoms with E-state index in [2.05, 4.69) is 10.1 Å². The first kappa shape index (κ1) is 21.2. The second-order valence-electron chi connectivity index (χ2n) is 5.52. The predicted octanol–water partition coefficient (Wildman–Crippen LogP) is -4.33. The lowest BCUT2D eigenvalue weighted by molar-refractivity contribution is -0.295. The van der Waals surface area contributed by atoms with Crippen LogP contribution in [0.3, 0.4) is 0 Å². The number of carboxylic acid groups (broad SMARTS) is 1. The van der Waals surface area contributed by atoms with Gasteiger partial charge in [0.15, 0.2) is 6.10 Å². The molecule has 0 spiro atoms. The van der Waals surface area contributed by atoms with Crippen LogP contribution in [0, 0.1) is 0 Å². The Labute approximate surface area is 141 Å². The van der Waals surface area contributed by atoms with Crippen LogP contribution in [0.2, 0.25) is 0 Å². The first-order valence-electron chi connectivity index (χ1n) is 7.23. The number of aliphatic hydroxyl groups excluding tert-OH is 4. The van der Waals surface area contributed by atoms with Gasteiger partial charge in [-0.05, 0) is 0 Å². The maximum atomic E-state index is 11.4. The standard InChI is InChI=1S/C13H21NO11/c1-5(17)24-7(3-15)10(20)11-9(14-8(19)4-16)6(18)2-13(23,25-11)12(21)22/h6-7,9-11,15-16,18,20,23H,2-4H2,1H3,(H,14,19)(H,21,22)/t6-,7+,9+,10+,11+,13?/m0/s1. The molecular formula is C13H21NO11. The van der Waals surface area contributed by atoms with Gasteiger partial charge in [0.1, 0.15) is 18.8 Å². The van der Waals surface area contributed by atoms with Gasteiger partial charge in [0.2, 0.25) is 5.91 Å². The van der Waals surface area contributed by atoms with Gasteiger partial charge in [0.25, 0.3) is 5.79 Å². The van der Waals surface area contributed by atoms with E-state index in [1.165, 1.54) is 0 Å². The molecule has 1 rings (SSSR count). The Hall–Kier alpha value is -1.83. The van der Waals surface area contributed by atoms with Crippen LogP contribution >= 0.6 is 0 Å².